The molecule has 15 nitrogen and oxygen atoms in total. The lowest BCUT2D eigenvalue weighted by Crippen LogP contribution is -2.54. The van der Waals surface area contributed by atoms with Crippen molar-refractivity contribution in [2.24, 2.45) is 46.3 Å². The summed E-state index contributed by atoms with van der Waals surface area (Å²) >= 11 is 0. The Hall–Kier alpha value is -6.87. The summed E-state index contributed by atoms with van der Waals surface area (Å²) in [5.74, 6) is 3.16. The number of non-ortho nitro benzene ring substituents is 1. The van der Waals surface area contributed by atoms with E-state index in [2.05, 4.69) is 62.0 Å². The van der Waals surface area contributed by atoms with E-state index in [-0.39, 0.29) is 61.2 Å². The van der Waals surface area contributed by atoms with Crippen molar-refractivity contribution in [3.63, 3.8) is 0 Å². The molecule has 3 saturated carbocycles. The minimum Gasteiger partial charge on any atom is -0.429 e. The van der Waals surface area contributed by atoms with E-state index in [9.17, 15) is 34.1 Å². The molecule has 8 rings (SSSR count). The molecule has 10 atom stereocenters. The van der Waals surface area contributed by atoms with Crippen molar-refractivity contribution in [3.05, 3.63) is 148 Å². The van der Waals surface area contributed by atoms with Crippen LogP contribution in [-0.2, 0) is 48.1 Å². The molecule has 0 aliphatic heterocycles. The summed E-state index contributed by atoms with van der Waals surface area (Å²) in [7, 11) is 0. The van der Waals surface area contributed by atoms with Crippen molar-refractivity contribution in [2.45, 2.75) is 162 Å². The molecule has 0 aromatic heterocycles. The van der Waals surface area contributed by atoms with Crippen LogP contribution in [-0.4, -0.2) is 66.0 Å². The minimum atomic E-state index is -1.06. The van der Waals surface area contributed by atoms with Gasteiger partial charge in [-0.15, -0.1) is 0 Å². The zero-order chi connectivity index (χ0) is 57.5. The second-order valence-electron chi connectivity index (χ2n) is 24.4. The molecule has 0 heterocycles. The standard InChI is InChI=1S/C66H85N5O10/c1-44(2)14-12-15-45(3)55-30-31-56-54-29-22-49-42-53(34-36-65(49,4)57(54)35-37-66(55,56)5)79-39-13-38-67-60(72)32-33-61(73)69-58(40-46-16-8-6-9-17-46)63(75)70-59(41-47-18-10-7-11-19-47)62(74)68-50-23-20-48(21-24-50)43-80-64(76)81-52-27-25-51(26-28-52)71(77)78/h6-11,16-28,44-45,53-59H,12-15,29-43H2,1-5H3,(H,67,72)(H,68,74)(H,69,73)(H,70,75). The predicted molar refractivity (Wildman–Crippen MR) is 313 cm³/mol. The van der Waals surface area contributed by atoms with Gasteiger partial charge >= 0.3 is 6.16 Å². The lowest BCUT2D eigenvalue weighted by atomic mass is 9.47. The molecule has 0 spiro atoms. The van der Waals surface area contributed by atoms with E-state index in [4.69, 9.17) is 14.2 Å². The van der Waals surface area contributed by atoms with Crippen molar-refractivity contribution in [1.82, 2.24) is 16.0 Å². The molecule has 434 valence electrons. The Kier molecular flexibility index (Phi) is 21.0. The van der Waals surface area contributed by atoms with Gasteiger partial charge in [0.05, 0.1) is 11.0 Å². The van der Waals surface area contributed by atoms with Gasteiger partial charge in [-0.3, -0.25) is 29.3 Å². The second-order valence-corrected chi connectivity index (χ2v) is 24.4. The number of amides is 4. The van der Waals surface area contributed by atoms with Crippen molar-refractivity contribution < 1.29 is 43.1 Å². The fourth-order valence-electron chi connectivity index (χ4n) is 14.1. The molecule has 4 aromatic carbocycles. The number of fused-ring (bicyclic) bond motifs is 5. The number of benzene rings is 4. The highest BCUT2D eigenvalue weighted by molar-refractivity contribution is 5.99. The molecular formula is C66H85N5O10. The number of nitro groups is 1. The predicted octanol–water partition coefficient (Wildman–Crippen LogP) is 12.4. The van der Waals surface area contributed by atoms with Crippen LogP contribution < -0.4 is 26.0 Å². The van der Waals surface area contributed by atoms with Crippen LogP contribution in [0.15, 0.2) is 121 Å². The van der Waals surface area contributed by atoms with E-state index >= 15 is 0 Å². The number of nitro benzene ring substituents is 1. The Balaban J connectivity index is 0.776. The monoisotopic (exact) mass is 1110 g/mol. The first-order valence-corrected chi connectivity index (χ1v) is 29.7. The molecule has 4 aromatic rings. The average molecular weight is 1110 g/mol. The maximum atomic E-state index is 14.2. The summed E-state index contributed by atoms with van der Waals surface area (Å²) in [6.45, 7) is 13.3. The maximum absolute atomic E-state index is 14.2. The van der Waals surface area contributed by atoms with Gasteiger partial charge in [-0.2, -0.15) is 0 Å². The number of anilines is 1. The lowest BCUT2D eigenvalue weighted by molar-refractivity contribution is -0.384. The van der Waals surface area contributed by atoms with Crippen LogP contribution >= 0.6 is 0 Å². The molecule has 4 N–H and O–H groups in total. The SMILES string of the molecule is CC(C)CCCC(C)C1CCC2C3CC=C4CC(OCCCNC(=O)CCC(=O)NC(Cc5ccccc5)C(=O)NC(Cc5ccccc5)C(=O)Nc5ccc(COC(=O)Oc6ccc([N+](=O)[O-])cc6)cc5)CCC4(C)C3CCC12C. The van der Waals surface area contributed by atoms with Crippen molar-refractivity contribution in [1.29, 1.82) is 0 Å². The molecule has 10 unspecified atom stereocenters. The van der Waals surface area contributed by atoms with Crippen LogP contribution in [0.5, 0.6) is 5.75 Å². The van der Waals surface area contributed by atoms with Gasteiger partial charge in [0.1, 0.15) is 24.4 Å². The molecule has 4 aliphatic rings. The van der Waals surface area contributed by atoms with Crippen LogP contribution in [0.4, 0.5) is 16.2 Å². The Morgan fingerprint density at radius 1 is 0.704 bits per heavy atom. The highest BCUT2D eigenvalue weighted by Crippen LogP contribution is 2.67. The van der Waals surface area contributed by atoms with Gasteiger partial charge in [0.2, 0.25) is 23.6 Å². The number of allylic oxidation sites excluding steroid dienone is 1. The fourth-order valence-corrected chi connectivity index (χ4v) is 14.1. The highest BCUT2D eigenvalue weighted by atomic mass is 16.7. The molecule has 0 radical (unpaired) electrons. The summed E-state index contributed by atoms with van der Waals surface area (Å²) < 4.78 is 16.8. The Morgan fingerprint density at radius 2 is 1.37 bits per heavy atom. The van der Waals surface area contributed by atoms with E-state index in [0.717, 1.165) is 59.5 Å². The fraction of sp³-hybridized carbons (Fsp3) is 0.530. The van der Waals surface area contributed by atoms with Gasteiger partial charge in [-0.1, -0.05) is 138 Å². The molecule has 81 heavy (non-hydrogen) atoms. The summed E-state index contributed by atoms with van der Waals surface area (Å²) in [4.78, 5) is 77.4. The maximum Gasteiger partial charge on any atom is 0.514 e. The van der Waals surface area contributed by atoms with Gasteiger partial charge in [0, 0.05) is 56.7 Å². The molecule has 0 saturated heterocycles. The van der Waals surface area contributed by atoms with Crippen LogP contribution in [0, 0.1) is 56.5 Å². The van der Waals surface area contributed by atoms with E-state index < -0.39 is 40.9 Å². The highest BCUT2D eigenvalue weighted by Gasteiger charge is 2.59. The number of ether oxygens (including phenoxy) is 3. The number of nitrogens with zero attached hydrogens (tertiary/aromatic N) is 1. The average Bonchev–Trinajstić information content (AvgIpc) is 4.04. The molecule has 3 fully saturated rings. The van der Waals surface area contributed by atoms with Crippen LogP contribution in [0.3, 0.4) is 0 Å². The smallest absolute Gasteiger partial charge is 0.429 e. The topological polar surface area (TPSA) is 204 Å². The van der Waals surface area contributed by atoms with Crippen molar-refractivity contribution in [2.75, 3.05) is 18.5 Å². The normalized spacial score (nSPS) is 23.9. The largest absolute Gasteiger partial charge is 0.514 e. The number of nitrogens with one attached hydrogen (secondary N) is 4. The number of rotatable bonds is 26. The van der Waals surface area contributed by atoms with E-state index in [1.807, 2.05) is 60.7 Å². The summed E-state index contributed by atoms with van der Waals surface area (Å²) in [5.41, 5.74) is 4.80. The zero-order valence-electron chi connectivity index (χ0n) is 48.1. The van der Waals surface area contributed by atoms with Gasteiger partial charge in [-0.05, 0) is 145 Å². The summed E-state index contributed by atoms with van der Waals surface area (Å²) in [6.07, 6.45) is 16.7. The molecule has 0 bridgehead atoms. The first kappa shape index (κ1) is 60.2. The Morgan fingerprint density at radius 3 is 2.04 bits per heavy atom. The first-order chi connectivity index (χ1) is 39.0. The van der Waals surface area contributed by atoms with Gasteiger partial charge in [-0.25, -0.2) is 4.79 Å². The third kappa shape index (κ3) is 16.2. The third-order valence-corrected chi connectivity index (χ3v) is 18.5. The summed E-state index contributed by atoms with van der Waals surface area (Å²) in [5, 5.41) is 22.5. The number of hydrogen-bond acceptors (Lipinski definition) is 10. The summed E-state index contributed by atoms with van der Waals surface area (Å²) in [6, 6.07) is 27.9. The third-order valence-electron chi connectivity index (χ3n) is 18.5. The first-order valence-electron chi connectivity index (χ1n) is 29.7. The van der Waals surface area contributed by atoms with Crippen molar-refractivity contribution >= 4 is 41.2 Å². The quantitative estimate of drug-likeness (QED) is 0.0117. The number of carbonyl (C=O) groups is 5. The van der Waals surface area contributed by atoms with E-state index in [0.29, 0.717) is 36.2 Å². The van der Waals surface area contributed by atoms with Gasteiger partial charge < -0.3 is 35.5 Å². The zero-order valence-corrected chi connectivity index (χ0v) is 48.1. The van der Waals surface area contributed by atoms with Gasteiger partial charge in [0.15, 0.2) is 0 Å². The molecular weight excluding hydrogens is 1020 g/mol. The van der Waals surface area contributed by atoms with E-state index in [1.165, 1.54) is 82.1 Å². The molecule has 15 heteroatoms. The minimum absolute atomic E-state index is 0.0574. The van der Waals surface area contributed by atoms with Crippen molar-refractivity contribution in [3.8, 4) is 5.75 Å². The second kappa shape index (κ2) is 28.2. The van der Waals surface area contributed by atoms with E-state index in [1.54, 1.807) is 29.8 Å². The Bertz CT molecular complexity index is 2790. The molecule has 4 aliphatic carbocycles. The van der Waals surface area contributed by atoms with Crippen LogP contribution in [0.25, 0.3) is 0 Å². The van der Waals surface area contributed by atoms with Crippen LogP contribution in [0.1, 0.15) is 141 Å². The number of carbonyl (C=O) groups excluding carboxylic acids is 5. The van der Waals surface area contributed by atoms with Gasteiger partial charge in [0.25, 0.3) is 5.69 Å². The molecule has 4 amide bonds. The van der Waals surface area contributed by atoms with Crippen LogP contribution in [0.2, 0.25) is 0 Å². The Labute approximate surface area is 478 Å². The number of hydrogen-bond donors (Lipinski definition) is 4. The lowest BCUT2D eigenvalue weighted by Gasteiger charge is -2.58.